The molecule has 0 aromatic carbocycles. The van der Waals surface area contributed by atoms with Gasteiger partial charge in [-0.15, -0.1) is 0 Å². The van der Waals surface area contributed by atoms with Gasteiger partial charge in [-0.2, -0.15) is 0 Å². The van der Waals surface area contributed by atoms with E-state index in [1.165, 1.54) is 32.1 Å². The van der Waals surface area contributed by atoms with Crippen molar-refractivity contribution in [1.29, 1.82) is 0 Å². The first-order valence-corrected chi connectivity index (χ1v) is 6.19. The van der Waals surface area contributed by atoms with E-state index in [4.69, 9.17) is 0 Å². The molecule has 0 aliphatic carbocycles. The van der Waals surface area contributed by atoms with Gasteiger partial charge in [0.25, 0.3) is 0 Å². The predicted octanol–water partition coefficient (Wildman–Crippen LogP) is 4.89. The van der Waals surface area contributed by atoms with Gasteiger partial charge >= 0.3 is 0 Å². The van der Waals surface area contributed by atoms with Crippen LogP contribution in [0.4, 0.5) is 0 Å². The molecule has 0 amide bonds. The lowest BCUT2D eigenvalue weighted by Gasteiger charge is -2.25. The molecule has 0 nitrogen and oxygen atoms in total. The molecule has 1 unspecified atom stereocenters. The van der Waals surface area contributed by atoms with Crippen LogP contribution < -0.4 is 0 Å². The molecular weight excluding hydrogens is 156 g/mol. The van der Waals surface area contributed by atoms with Crippen LogP contribution >= 0.6 is 0 Å². The number of hydrogen-bond donors (Lipinski definition) is 0. The highest BCUT2D eigenvalue weighted by atomic mass is 14.2. The normalized spacial score (nSPS) is 14.1. The molecule has 0 spiro atoms. The highest BCUT2D eigenvalue weighted by Crippen LogP contribution is 2.27. The SMILES string of the molecule is CCC(CC)CC(C)C(CC)CC. The Morgan fingerprint density at radius 3 is 1.54 bits per heavy atom. The van der Waals surface area contributed by atoms with Gasteiger partial charge in [-0.3, -0.25) is 0 Å². The Morgan fingerprint density at radius 1 is 0.769 bits per heavy atom. The van der Waals surface area contributed by atoms with E-state index in [9.17, 15) is 0 Å². The van der Waals surface area contributed by atoms with Crippen molar-refractivity contribution in [1.82, 2.24) is 0 Å². The average Bonchev–Trinajstić information content (AvgIpc) is 2.16. The summed E-state index contributed by atoms with van der Waals surface area (Å²) in [5.74, 6) is 2.86. The minimum absolute atomic E-state index is 0.930. The van der Waals surface area contributed by atoms with Crippen molar-refractivity contribution in [2.45, 2.75) is 66.7 Å². The van der Waals surface area contributed by atoms with Crippen molar-refractivity contribution in [3.8, 4) is 0 Å². The second-order valence-electron chi connectivity index (χ2n) is 4.47. The lowest BCUT2D eigenvalue weighted by molar-refractivity contribution is 0.265. The summed E-state index contributed by atoms with van der Waals surface area (Å²) in [6.07, 6.45) is 6.89. The highest BCUT2D eigenvalue weighted by Gasteiger charge is 2.16. The van der Waals surface area contributed by atoms with Gasteiger partial charge in [0, 0.05) is 0 Å². The summed E-state index contributed by atoms with van der Waals surface area (Å²) in [5, 5.41) is 0. The van der Waals surface area contributed by atoms with Crippen molar-refractivity contribution in [3.05, 3.63) is 0 Å². The lowest BCUT2D eigenvalue weighted by Crippen LogP contribution is -2.14. The van der Waals surface area contributed by atoms with Gasteiger partial charge in [0.05, 0.1) is 0 Å². The summed E-state index contributed by atoms with van der Waals surface area (Å²) in [5.41, 5.74) is 0. The first-order chi connectivity index (χ1) is 6.19. The summed E-state index contributed by atoms with van der Waals surface area (Å²) < 4.78 is 0. The van der Waals surface area contributed by atoms with Crippen LogP contribution in [0.2, 0.25) is 0 Å². The molecule has 0 saturated carbocycles. The maximum absolute atomic E-state index is 2.44. The molecule has 0 N–H and O–H groups in total. The van der Waals surface area contributed by atoms with Crippen LogP contribution in [0.25, 0.3) is 0 Å². The lowest BCUT2D eigenvalue weighted by atomic mass is 9.81. The van der Waals surface area contributed by atoms with Crippen LogP contribution in [0.3, 0.4) is 0 Å². The summed E-state index contributed by atoms with van der Waals surface area (Å²) >= 11 is 0. The quantitative estimate of drug-likeness (QED) is 0.528. The Bertz CT molecular complexity index is 98.6. The molecule has 0 heteroatoms. The Balaban J connectivity index is 3.87. The van der Waals surface area contributed by atoms with E-state index in [-0.39, 0.29) is 0 Å². The Kier molecular flexibility index (Phi) is 7.41. The zero-order chi connectivity index (χ0) is 10.3. The van der Waals surface area contributed by atoms with E-state index in [2.05, 4.69) is 34.6 Å². The van der Waals surface area contributed by atoms with Crippen molar-refractivity contribution in [2.75, 3.05) is 0 Å². The van der Waals surface area contributed by atoms with Crippen molar-refractivity contribution >= 4 is 0 Å². The minimum Gasteiger partial charge on any atom is -0.0651 e. The molecule has 13 heavy (non-hydrogen) atoms. The van der Waals surface area contributed by atoms with Crippen molar-refractivity contribution in [2.24, 2.45) is 17.8 Å². The fraction of sp³-hybridized carbons (Fsp3) is 1.00. The van der Waals surface area contributed by atoms with Crippen LogP contribution in [0.1, 0.15) is 66.7 Å². The molecule has 0 saturated heterocycles. The monoisotopic (exact) mass is 184 g/mol. The maximum Gasteiger partial charge on any atom is -0.0394 e. The topological polar surface area (TPSA) is 0 Å². The molecule has 0 aliphatic heterocycles. The zero-order valence-electron chi connectivity index (χ0n) is 10.3. The van der Waals surface area contributed by atoms with Crippen LogP contribution in [0.5, 0.6) is 0 Å². The third kappa shape index (κ3) is 4.69. The number of hydrogen-bond acceptors (Lipinski definition) is 0. The smallest absolute Gasteiger partial charge is 0.0394 e. The minimum atomic E-state index is 0.930. The fourth-order valence-corrected chi connectivity index (χ4v) is 2.43. The molecule has 0 aliphatic rings. The summed E-state index contributed by atoms with van der Waals surface area (Å²) in [6, 6.07) is 0. The highest BCUT2D eigenvalue weighted by molar-refractivity contribution is 4.67. The van der Waals surface area contributed by atoms with Crippen LogP contribution in [-0.2, 0) is 0 Å². The molecule has 0 bridgehead atoms. The fourth-order valence-electron chi connectivity index (χ4n) is 2.43. The van der Waals surface area contributed by atoms with E-state index in [0.29, 0.717) is 0 Å². The average molecular weight is 184 g/mol. The Hall–Kier alpha value is 0. The van der Waals surface area contributed by atoms with Gasteiger partial charge in [0.2, 0.25) is 0 Å². The summed E-state index contributed by atoms with van der Waals surface area (Å²) in [4.78, 5) is 0. The standard InChI is InChI=1S/C13H28/c1-6-12(7-2)10-11(5)13(8-3)9-4/h11-13H,6-10H2,1-5H3. The molecule has 0 rings (SSSR count). The Labute approximate surface area is 85.1 Å². The second kappa shape index (κ2) is 7.41. The molecular formula is C13H28. The molecule has 0 aromatic heterocycles. The van der Waals surface area contributed by atoms with Gasteiger partial charge in [-0.25, -0.2) is 0 Å². The van der Waals surface area contributed by atoms with Crippen molar-refractivity contribution in [3.63, 3.8) is 0 Å². The van der Waals surface area contributed by atoms with Gasteiger partial charge in [0.15, 0.2) is 0 Å². The second-order valence-corrected chi connectivity index (χ2v) is 4.47. The van der Waals surface area contributed by atoms with Gasteiger partial charge in [-0.05, 0) is 24.2 Å². The first-order valence-electron chi connectivity index (χ1n) is 6.19. The molecule has 0 aromatic rings. The zero-order valence-corrected chi connectivity index (χ0v) is 10.3. The third-order valence-corrected chi connectivity index (χ3v) is 3.71. The third-order valence-electron chi connectivity index (χ3n) is 3.71. The Morgan fingerprint density at radius 2 is 1.23 bits per heavy atom. The molecule has 0 radical (unpaired) electrons. The van der Waals surface area contributed by atoms with E-state index in [1.54, 1.807) is 0 Å². The molecule has 0 fully saturated rings. The first kappa shape index (κ1) is 13.0. The maximum atomic E-state index is 2.44. The summed E-state index contributed by atoms with van der Waals surface area (Å²) in [7, 11) is 0. The van der Waals surface area contributed by atoms with Crippen LogP contribution in [-0.4, -0.2) is 0 Å². The van der Waals surface area contributed by atoms with Crippen LogP contribution in [0, 0.1) is 17.8 Å². The van der Waals surface area contributed by atoms with Gasteiger partial charge < -0.3 is 0 Å². The largest absolute Gasteiger partial charge is 0.0651 e. The van der Waals surface area contributed by atoms with Gasteiger partial charge in [0.1, 0.15) is 0 Å². The predicted molar refractivity (Wildman–Crippen MR) is 61.9 cm³/mol. The van der Waals surface area contributed by atoms with E-state index < -0.39 is 0 Å². The van der Waals surface area contributed by atoms with E-state index >= 15 is 0 Å². The number of rotatable bonds is 7. The van der Waals surface area contributed by atoms with Gasteiger partial charge in [-0.1, -0.05) is 60.3 Å². The molecule has 1 atom stereocenters. The van der Waals surface area contributed by atoms with Crippen LogP contribution in [0.15, 0.2) is 0 Å². The summed E-state index contributed by atoms with van der Waals surface area (Å²) in [6.45, 7) is 11.8. The molecule has 80 valence electrons. The van der Waals surface area contributed by atoms with E-state index in [1.807, 2.05) is 0 Å². The van der Waals surface area contributed by atoms with E-state index in [0.717, 1.165) is 17.8 Å². The van der Waals surface area contributed by atoms with Crippen molar-refractivity contribution < 1.29 is 0 Å². The molecule has 0 heterocycles.